The molecule has 0 aliphatic rings. The van der Waals surface area contributed by atoms with Gasteiger partial charge in [-0.25, -0.2) is 4.98 Å². The zero-order chi connectivity index (χ0) is 11.4. The fourth-order valence-corrected chi connectivity index (χ4v) is 1.07. The number of carboxylic acid groups (broad SMARTS) is 1. The molecule has 0 bridgehead atoms. The molecule has 0 fully saturated rings. The molecule has 82 valence electrons. The number of nitrogens with two attached hydrogens (primary N) is 1. The van der Waals surface area contributed by atoms with Crippen LogP contribution in [0.2, 0.25) is 0 Å². The van der Waals surface area contributed by atoms with E-state index in [0.29, 0.717) is 18.3 Å². The van der Waals surface area contributed by atoms with Gasteiger partial charge in [0.05, 0.1) is 12.3 Å². The van der Waals surface area contributed by atoms with Crippen LogP contribution in [0.5, 0.6) is 5.88 Å². The van der Waals surface area contributed by atoms with Crippen LogP contribution in [0.25, 0.3) is 0 Å². The van der Waals surface area contributed by atoms with Crippen LogP contribution in [0.15, 0.2) is 6.07 Å². The van der Waals surface area contributed by atoms with Crippen molar-refractivity contribution in [2.45, 2.75) is 19.9 Å². The zero-order valence-electron chi connectivity index (χ0n) is 8.60. The van der Waals surface area contributed by atoms with Crippen LogP contribution in [0.3, 0.4) is 0 Å². The van der Waals surface area contributed by atoms with Crippen molar-refractivity contribution in [2.75, 3.05) is 6.61 Å². The second-order valence-electron chi connectivity index (χ2n) is 2.93. The van der Waals surface area contributed by atoms with E-state index < -0.39 is 12.0 Å². The third kappa shape index (κ3) is 2.88. The molecule has 0 saturated carbocycles. The van der Waals surface area contributed by atoms with E-state index in [0.717, 1.165) is 0 Å². The molecule has 0 saturated heterocycles. The monoisotopic (exact) mass is 211 g/mol. The molecule has 0 amide bonds. The number of carbonyl (C=O) groups is 1. The molecule has 1 rings (SSSR count). The Labute approximate surface area is 87.1 Å². The molecule has 1 aromatic heterocycles. The predicted molar refractivity (Wildman–Crippen MR) is 52.5 cm³/mol. The lowest BCUT2D eigenvalue weighted by atomic mass is 10.2. The molecular formula is C9H13N3O3. The Kier molecular flexibility index (Phi) is 3.56. The van der Waals surface area contributed by atoms with Crippen molar-refractivity contribution in [1.82, 2.24) is 9.97 Å². The lowest BCUT2D eigenvalue weighted by Gasteiger charge is -2.08. The summed E-state index contributed by atoms with van der Waals surface area (Å²) >= 11 is 0. The van der Waals surface area contributed by atoms with Crippen molar-refractivity contribution in [2.24, 2.45) is 5.73 Å². The second kappa shape index (κ2) is 4.70. The first-order valence-corrected chi connectivity index (χ1v) is 4.51. The number of aromatic nitrogens is 2. The number of hydrogen-bond acceptors (Lipinski definition) is 5. The number of rotatable bonds is 4. The SMILES string of the molecule is CCOc1cc(C(N)C(=O)O)nc(C)n1. The Bertz CT molecular complexity index is 368. The van der Waals surface area contributed by atoms with Crippen molar-refractivity contribution in [3.8, 4) is 5.88 Å². The first kappa shape index (κ1) is 11.4. The third-order valence-corrected chi connectivity index (χ3v) is 1.71. The van der Waals surface area contributed by atoms with E-state index >= 15 is 0 Å². The molecular weight excluding hydrogens is 198 g/mol. The predicted octanol–water partition coefficient (Wildman–Crippen LogP) is 0.268. The molecule has 6 nitrogen and oxygen atoms in total. The molecule has 0 aliphatic carbocycles. The van der Waals surface area contributed by atoms with Gasteiger partial charge in [0.2, 0.25) is 5.88 Å². The van der Waals surface area contributed by atoms with Crippen molar-refractivity contribution in [3.63, 3.8) is 0 Å². The van der Waals surface area contributed by atoms with Crippen LogP contribution < -0.4 is 10.5 Å². The summed E-state index contributed by atoms with van der Waals surface area (Å²) in [7, 11) is 0. The van der Waals surface area contributed by atoms with Gasteiger partial charge in [0.25, 0.3) is 0 Å². The van der Waals surface area contributed by atoms with E-state index in [-0.39, 0.29) is 5.69 Å². The smallest absolute Gasteiger partial charge is 0.326 e. The number of ether oxygens (including phenoxy) is 1. The minimum Gasteiger partial charge on any atom is -0.480 e. The molecule has 1 aromatic rings. The summed E-state index contributed by atoms with van der Waals surface area (Å²) in [5, 5.41) is 8.72. The Hall–Kier alpha value is -1.69. The topological polar surface area (TPSA) is 98.3 Å². The van der Waals surface area contributed by atoms with E-state index in [1.165, 1.54) is 6.07 Å². The van der Waals surface area contributed by atoms with Crippen LogP contribution in [-0.2, 0) is 4.79 Å². The highest BCUT2D eigenvalue weighted by Gasteiger charge is 2.17. The Morgan fingerprint density at radius 3 is 2.87 bits per heavy atom. The molecule has 0 radical (unpaired) electrons. The first-order valence-electron chi connectivity index (χ1n) is 4.51. The van der Waals surface area contributed by atoms with E-state index in [1.54, 1.807) is 6.92 Å². The Morgan fingerprint density at radius 1 is 1.67 bits per heavy atom. The van der Waals surface area contributed by atoms with Crippen LogP contribution in [0, 0.1) is 6.92 Å². The van der Waals surface area contributed by atoms with Crippen LogP contribution in [0.4, 0.5) is 0 Å². The first-order chi connectivity index (χ1) is 7.04. The highest BCUT2D eigenvalue weighted by atomic mass is 16.5. The molecule has 3 N–H and O–H groups in total. The summed E-state index contributed by atoms with van der Waals surface area (Å²) in [6, 6.07) is 0.292. The molecule has 1 unspecified atom stereocenters. The third-order valence-electron chi connectivity index (χ3n) is 1.71. The average Bonchev–Trinajstić information content (AvgIpc) is 2.16. The van der Waals surface area contributed by atoms with Gasteiger partial charge in [-0.1, -0.05) is 0 Å². The maximum Gasteiger partial charge on any atom is 0.326 e. The number of carboxylic acids is 1. The Balaban J connectivity index is 3.02. The highest BCUT2D eigenvalue weighted by molar-refractivity contribution is 5.74. The summed E-state index contributed by atoms with van der Waals surface area (Å²) in [5.41, 5.74) is 5.67. The van der Waals surface area contributed by atoms with Gasteiger partial charge in [0.1, 0.15) is 11.9 Å². The van der Waals surface area contributed by atoms with E-state index in [1.807, 2.05) is 6.92 Å². The van der Waals surface area contributed by atoms with Crippen molar-refractivity contribution < 1.29 is 14.6 Å². The lowest BCUT2D eigenvalue weighted by molar-refractivity contribution is -0.138. The largest absolute Gasteiger partial charge is 0.480 e. The van der Waals surface area contributed by atoms with Crippen molar-refractivity contribution in [1.29, 1.82) is 0 Å². The lowest BCUT2D eigenvalue weighted by Crippen LogP contribution is -2.22. The molecule has 6 heteroatoms. The van der Waals surface area contributed by atoms with Gasteiger partial charge in [-0.2, -0.15) is 4.98 Å². The van der Waals surface area contributed by atoms with Gasteiger partial charge in [-0.3, -0.25) is 4.79 Å². The fourth-order valence-electron chi connectivity index (χ4n) is 1.07. The summed E-state index contributed by atoms with van der Waals surface area (Å²) in [4.78, 5) is 18.6. The zero-order valence-corrected chi connectivity index (χ0v) is 8.60. The molecule has 0 aliphatic heterocycles. The summed E-state index contributed by atoms with van der Waals surface area (Å²) in [5.74, 6) is -0.347. The van der Waals surface area contributed by atoms with Crippen molar-refractivity contribution >= 4 is 5.97 Å². The normalized spacial score (nSPS) is 12.2. The summed E-state index contributed by atoms with van der Waals surface area (Å²) in [6.07, 6.45) is 0. The second-order valence-corrected chi connectivity index (χ2v) is 2.93. The standard InChI is InChI=1S/C9H13N3O3/c1-3-15-7-4-6(8(10)9(13)14)11-5(2)12-7/h4,8H,3,10H2,1-2H3,(H,13,14). The summed E-state index contributed by atoms with van der Waals surface area (Å²) in [6.45, 7) is 3.92. The molecule has 0 aromatic carbocycles. The number of nitrogens with zero attached hydrogens (tertiary/aromatic N) is 2. The molecule has 1 heterocycles. The number of aliphatic carboxylic acids is 1. The highest BCUT2D eigenvalue weighted by Crippen LogP contribution is 2.14. The minimum atomic E-state index is -1.15. The average molecular weight is 211 g/mol. The molecule has 0 spiro atoms. The minimum absolute atomic E-state index is 0.249. The molecule has 1 atom stereocenters. The maximum atomic E-state index is 10.7. The van der Waals surface area contributed by atoms with Crippen molar-refractivity contribution in [3.05, 3.63) is 17.6 Å². The van der Waals surface area contributed by atoms with Gasteiger partial charge < -0.3 is 15.6 Å². The van der Waals surface area contributed by atoms with Gasteiger partial charge >= 0.3 is 5.97 Å². The van der Waals surface area contributed by atoms with E-state index in [2.05, 4.69) is 9.97 Å². The number of hydrogen-bond donors (Lipinski definition) is 2. The molecule has 15 heavy (non-hydrogen) atoms. The van der Waals surface area contributed by atoms with Crippen LogP contribution in [0.1, 0.15) is 24.5 Å². The Morgan fingerprint density at radius 2 is 2.33 bits per heavy atom. The van der Waals surface area contributed by atoms with Gasteiger partial charge in [0, 0.05) is 6.07 Å². The van der Waals surface area contributed by atoms with Crippen LogP contribution >= 0.6 is 0 Å². The fraction of sp³-hybridized carbons (Fsp3) is 0.444. The van der Waals surface area contributed by atoms with E-state index in [4.69, 9.17) is 15.6 Å². The maximum absolute atomic E-state index is 10.7. The summed E-state index contributed by atoms with van der Waals surface area (Å²) < 4.78 is 5.16. The van der Waals surface area contributed by atoms with E-state index in [9.17, 15) is 4.79 Å². The van der Waals surface area contributed by atoms with Gasteiger partial charge in [0.15, 0.2) is 0 Å². The van der Waals surface area contributed by atoms with Gasteiger partial charge in [-0.05, 0) is 13.8 Å². The number of aryl methyl sites for hydroxylation is 1. The van der Waals surface area contributed by atoms with Gasteiger partial charge in [-0.15, -0.1) is 0 Å². The van der Waals surface area contributed by atoms with Crippen LogP contribution in [-0.4, -0.2) is 27.7 Å². The quantitative estimate of drug-likeness (QED) is 0.741.